The van der Waals surface area contributed by atoms with Gasteiger partial charge in [-0.2, -0.15) is 0 Å². The van der Waals surface area contributed by atoms with Gasteiger partial charge < -0.3 is 29.3 Å². The molecular weight excluding hydrogens is 769 g/mol. The number of carbonyl (C=O) groups excluding carboxylic acids is 4. The molecule has 9 heteroatoms. The molecule has 0 rings (SSSR count). The normalized spacial score (nSPS) is 10.7. The number of rotatable bonds is 46. The fraction of sp³-hybridized carbons (Fsp3) is 0.920. The van der Waals surface area contributed by atoms with Crippen LogP contribution in [0.2, 0.25) is 0 Å². The Morgan fingerprint density at radius 2 is 0.475 bits per heavy atom. The standard InChI is InChI=1S/2C25H48O4.Ca/c2*1-2-3-4-5-6-7-8-9-10-11-12-13-14-15-16-17-18-19-23-29-25(28)22-20-21-24(26)27;/h2*2-23H2,1H3,(H,26,27);/q;;+2/p-2. The molecule has 0 aliphatic carbocycles. The molecule has 0 aliphatic heterocycles. The van der Waals surface area contributed by atoms with Crippen molar-refractivity contribution in [3.05, 3.63) is 0 Å². The van der Waals surface area contributed by atoms with Gasteiger partial charge in [-0.3, -0.25) is 9.59 Å². The van der Waals surface area contributed by atoms with Gasteiger partial charge in [-0.15, -0.1) is 0 Å². The first-order valence-corrected chi connectivity index (χ1v) is 25.0. The van der Waals surface area contributed by atoms with E-state index >= 15 is 0 Å². The van der Waals surface area contributed by atoms with Crippen LogP contribution in [0.5, 0.6) is 0 Å². The van der Waals surface area contributed by atoms with E-state index in [0.29, 0.717) is 26.1 Å². The van der Waals surface area contributed by atoms with Crippen molar-refractivity contribution in [1.29, 1.82) is 0 Å². The van der Waals surface area contributed by atoms with Crippen LogP contribution in [0.15, 0.2) is 0 Å². The topological polar surface area (TPSA) is 133 Å². The van der Waals surface area contributed by atoms with Gasteiger partial charge in [0, 0.05) is 24.8 Å². The van der Waals surface area contributed by atoms with E-state index in [0.717, 1.165) is 25.7 Å². The van der Waals surface area contributed by atoms with Gasteiger partial charge in [0.2, 0.25) is 0 Å². The summed E-state index contributed by atoms with van der Waals surface area (Å²) in [7, 11) is 0. The predicted molar refractivity (Wildman–Crippen MR) is 243 cm³/mol. The molecule has 0 heterocycles. The molecule has 0 spiro atoms. The number of carbonyl (C=O) groups is 4. The Balaban J connectivity index is -0.00000105. The molecule has 0 saturated carbocycles. The Morgan fingerprint density at radius 1 is 0.288 bits per heavy atom. The molecule has 0 saturated heterocycles. The second-order valence-electron chi connectivity index (χ2n) is 16.9. The summed E-state index contributed by atoms with van der Waals surface area (Å²) in [6, 6.07) is 0. The Hall–Kier alpha value is -0.860. The van der Waals surface area contributed by atoms with E-state index < -0.39 is 11.9 Å². The molecule has 0 aromatic heterocycles. The zero-order valence-electron chi connectivity index (χ0n) is 39.1. The zero-order chi connectivity index (χ0) is 42.8. The van der Waals surface area contributed by atoms with Crippen LogP contribution in [0.3, 0.4) is 0 Å². The van der Waals surface area contributed by atoms with Gasteiger partial charge in [0.25, 0.3) is 0 Å². The van der Waals surface area contributed by atoms with Gasteiger partial charge in [-0.1, -0.05) is 232 Å². The average molecular weight is 863 g/mol. The Morgan fingerprint density at radius 3 is 0.661 bits per heavy atom. The molecule has 0 N–H and O–H groups in total. The first-order chi connectivity index (χ1) is 28.3. The minimum Gasteiger partial charge on any atom is -0.550 e. The van der Waals surface area contributed by atoms with Gasteiger partial charge in [0.15, 0.2) is 0 Å². The summed E-state index contributed by atoms with van der Waals surface area (Å²) in [5.74, 6) is -2.81. The number of carboxylic acid groups (broad SMARTS) is 2. The van der Waals surface area contributed by atoms with E-state index in [1.807, 2.05) is 0 Å². The van der Waals surface area contributed by atoms with Crippen molar-refractivity contribution >= 4 is 61.6 Å². The van der Waals surface area contributed by atoms with Crippen molar-refractivity contribution in [1.82, 2.24) is 0 Å². The summed E-state index contributed by atoms with van der Waals surface area (Å²) in [5, 5.41) is 20.5. The summed E-state index contributed by atoms with van der Waals surface area (Å²) >= 11 is 0. The summed E-state index contributed by atoms with van der Waals surface area (Å²) in [6.45, 7) is 5.47. The maximum Gasteiger partial charge on any atom is 2.00 e. The maximum atomic E-state index is 11.4. The van der Waals surface area contributed by atoms with E-state index in [1.54, 1.807) is 0 Å². The van der Waals surface area contributed by atoms with Crippen molar-refractivity contribution in [3.63, 3.8) is 0 Å². The monoisotopic (exact) mass is 863 g/mol. The fourth-order valence-corrected chi connectivity index (χ4v) is 7.28. The van der Waals surface area contributed by atoms with Gasteiger partial charge in [0.05, 0.1) is 13.2 Å². The van der Waals surface area contributed by atoms with Gasteiger partial charge in [-0.05, 0) is 38.5 Å². The zero-order valence-corrected chi connectivity index (χ0v) is 41.3. The molecule has 0 bridgehead atoms. The van der Waals surface area contributed by atoms with E-state index in [9.17, 15) is 29.4 Å². The molecule has 344 valence electrons. The van der Waals surface area contributed by atoms with E-state index in [-0.39, 0.29) is 75.4 Å². The molecule has 0 amide bonds. The van der Waals surface area contributed by atoms with Crippen molar-refractivity contribution < 1.29 is 38.9 Å². The van der Waals surface area contributed by atoms with Crippen LogP contribution >= 0.6 is 0 Å². The first-order valence-electron chi connectivity index (χ1n) is 25.0. The number of ether oxygens (including phenoxy) is 2. The van der Waals surface area contributed by atoms with Gasteiger partial charge in [0.1, 0.15) is 0 Å². The maximum absolute atomic E-state index is 11.4. The molecule has 0 fully saturated rings. The fourth-order valence-electron chi connectivity index (χ4n) is 7.28. The number of esters is 2. The van der Waals surface area contributed by atoms with Gasteiger partial charge >= 0.3 is 49.7 Å². The van der Waals surface area contributed by atoms with Crippen LogP contribution in [-0.4, -0.2) is 74.8 Å². The van der Waals surface area contributed by atoms with Crippen molar-refractivity contribution in [2.75, 3.05) is 13.2 Å². The van der Waals surface area contributed by atoms with E-state index in [2.05, 4.69) is 13.8 Å². The number of carboxylic acids is 2. The molecule has 0 aromatic carbocycles. The Labute approximate surface area is 394 Å². The SMILES string of the molecule is CCCCCCCCCCCCCCCCCCCCOC(=O)CCCC(=O)[O-].CCCCCCCCCCCCCCCCCCCCOC(=O)CCCC(=O)[O-].[Ca+2]. The number of aliphatic carboxylic acids is 2. The average Bonchev–Trinajstić information content (AvgIpc) is 3.19. The molecule has 8 nitrogen and oxygen atoms in total. The minimum absolute atomic E-state index is 0. The molecule has 0 radical (unpaired) electrons. The second kappa shape index (κ2) is 55.2. The number of unbranched alkanes of at least 4 members (excludes halogenated alkanes) is 34. The quantitative estimate of drug-likeness (QED) is 0.0336. The van der Waals surface area contributed by atoms with Crippen molar-refractivity contribution in [2.45, 2.75) is 284 Å². The summed E-state index contributed by atoms with van der Waals surface area (Å²) in [5.41, 5.74) is 0. The van der Waals surface area contributed by atoms with Gasteiger partial charge in [-0.25, -0.2) is 0 Å². The second-order valence-corrected chi connectivity index (χ2v) is 16.9. The largest absolute Gasteiger partial charge is 2.00 e. The van der Waals surface area contributed by atoms with Crippen LogP contribution in [0.4, 0.5) is 0 Å². The molecular formula is C50H94CaO8. The molecule has 0 atom stereocenters. The van der Waals surface area contributed by atoms with Crippen LogP contribution in [0.1, 0.15) is 284 Å². The molecule has 0 aromatic rings. The third-order valence-electron chi connectivity index (χ3n) is 11.0. The Kier molecular flexibility index (Phi) is 58.4. The predicted octanol–water partition coefficient (Wildman–Crippen LogP) is 12.6. The minimum atomic E-state index is -1.11. The molecule has 0 unspecified atom stereocenters. The summed E-state index contributed by atoms with van der Waals surface area (Å²) in [6.07, 6.45) is 49.0. The Bertz CT molecular complexity index is 813. The van der Waals surface area contributed by atoms with E-state index in [1.165, 1.54) is 205 Å². The molecule has 0 aliphatic rings. The van der Waals surface area contributed by atoms with E-state index in [4.69, 9.17) is 9.47 Å². The van der Waals surface area contributed by atoms with Crippen LogP contribution in [0, 0.1) is 0 Å². The van der Waals surface area contributed by atoms with Crippen molar-refractivity contribution in [3.8, 4) is 0 Å². The third-order valence-corrected chi connectivity index (χ3v) is 11.0. The number of hydrogen-bond donors (Lipinski definition) is 0. The molecule has 59 heavy (non-hydrogen) atoms. The first kappa shape index (κ1) is 62.4. The third kappa shape index (κ3) is 61.5. The van der Waals surface area contributed by atoms with Crippen LogP contribution in [0.25, 0.3) is 0 Å². The summed E-state index contributed by atoms with van der Waals surface area (Å²) in [4.78, 5) is 43.3. The number of hydrogen-bond acceptors (Lipinski definition) is 8. The summed E-state index contributed by atoms with van der Waals surface area (Å²) < 4.78 is 10.2. The smallest absolute Gasteiger partial charge is 0.550 e. The van der Waals surface area contributed by atoms with Crippen LogP contribution < -0.4 is 10.2 Å². The van der Waals surface area contributed by atoms with Crippen molar-refractivity contribution in [2.24, 2.45) is 0 Å². The van der Waals surface area contributed by atoms with Crippen LogP contribution in [-0.2, 0) is 28.7 Å².